The summed E-state index contributed by atoms with van der Waals surface area (Å²) in [5, 5.41) is 29.5. The maximum atomic E-state index is 11.7. The van der Waals surface area contributed by atoms with E-state index < -0.39 is 36.0 Å². The number of amides is 2. The van der Waals surface area contributed by atoms with Crippen LogP contribution in [0.25, 0.3) is 0 Å². The van der Waals surface area contributed by atoms with Crippen molar-refractivity contribution in [3.8, 4) is 11.5 Å². The largest absolute Gasteiger partial charge is 0.508 e. The number of aliphatic carboxylic acids is 1. The van der Waals surface area contributed by atoms with Crippen molar-refractivity contribution < 1.29 is 29.7 Å². The number of rotatable bonds is 5. The predicted octanol–water partition coefficient (Wildman–Crippen LogP) is -0.844. The molecule has 0 bridgehead atoms. The van der Waals surface area contributed by atoms with E-state index in [1.807, 2.05) is 5.32 Å². The average Bonchev–Trinajstić information content (AvgIpc) is 2.30. The van der Waals surface area contributed by atoms with Crippen molar-refractivity contribution in [3.05, 3.63) is 23.8 Å². The van der Waals surface area contributed by atoms with Crippen LogP contribution in [0.5, 0.6) is 11.5 Å². The first-order chi connectivity index (χ1) is 8.81. The third kappa shape index (κ3) is 3.87. The third-order valence-corrected chi connectivity index (χ3v) is 2.23. The van der Waals surface area contributed by atoms with Crippen molar-refractivity contribution in [2.45, 2.75) is 12.5 Å². The molecule has 0 saturated carbocycles. The Morgan fingerprint density at radius 2 is 1.89 bits per heavy atom. The van der Waals surface area contributed by atoms with Crippen LogP contribution in [0.3, 0.4) is 0 Å². The lowest BCUT2D eigenvalue weighted by Crippen LogP contribution is -2.43. The quantitative estimate of drug-likeness (QED) is 0.439. The predicted molar refractivity (Wildman–Crippen MR) is 62.5 cm³/mol. The second-order valence-corrected chi connectivity index (χ2v) is 3.74. The van der Waals surface area contributed by atoms with Crippen molar-refractivity contribution in [2.75, 3.05) is 0 Å². The fourth-order valence-corrected chi connectivity index (χ4v) is 1.34. The van der Waals surface area contributed by atoms with Crippen LogP contribution in [0.15, 0.2) is 18.2 Å². The van der Waals surface area contributed by atoms with Gasteiger partial charge in [-0.2, -0.15) is 0 Å². The van der Waals surface area contributed by atoms with Crippen molar-refractivity contribution >= 4 is 17.8 Å². The number of primary amides is 1. The lowest BCUT2D eigenvalue weighted by atomic mass is 10.1. The SMILES string of the molecule is NC(=O)C[C@H](NC(=O)c1cc(O)ccc1O)C(=O)O. The van der Waals surface area contributed by atoms with E-state index in [4.69, 9.17) is 10.8 Å². The number of hydrogen-bond donors (Lipinski definition) is 5. The van der Waals surface area contributed by atoms with Crippen molar-refractivity contribution in [3.63, 3.8) is 0 Å². The summed E-state index contributed by atoms with van der Waals surface area (Å²) in [6.07, 6.45) is -0.583. The number of carboxylic acid groups (broad SMARTS) is 1. The van der Waals surface area contributed by atoms with E-state index in [9.17, 15) is 24.6 Å². The van der Waals surface area contributed by atoms with Crippen LogP contribution in [-0.2, 0) is 9.59 Å². The van der Waals surface area contributed by atoms with E-state index in [1.54, 1.807) is 0 Å². The molecule has 6 N–H and O–H groups in total. The molecule has 0 aliphatic heterocycles. The Balaban J connectivity index is 2.90. The molecule has 0 unspecified atom stereocenters. The number of aromatic hydroxyl groups is 2. The van der Waals surface area contributed by atoms with E-state index in [0.29, 0.717) is 0 Å². The van der Waals surface area contributed by atoms with Crippen LogP contribution in [0.1, 0.15) is 16.8 Å². The van der Waals surface area contributed by atoms with Gasteiger partial charge in [-0.1, -0.05) is 0 Å². The molecule has 0 saturated heterocycles. The number of phenolic OH excluding ortho intramolecular Hbond substituents is 2. The van der Waals surface area contributed by atoms with E-state index >= 15 is 0 Å². The van der Waals surface area contributed by atoms with Gasteiger partial charge in [-0.15, -0.1) is 0 Å². The Morgan fingerprint density at radius 3 is 2.42 bits per heavy atom. The molecule has 8 nitrogen and oxygen atoms in total. The molecule has 0 fully saturated rings. The van der Waals surface area contributed by atoms with E-state index in [1.165, 1.54) is 0 Å². The summed E-state index contributed by atoms with van der Waals surface area (Å²) in [5.74, 6) is -3.98. The average molecular weight is 268 g/mol. The van der Waals surface area contributed by atoms with Gasteiger partial charge in [0.25, 0.3) is 5.91 Å². The van der Waals surface area contributed by atoms with Gasteiger partial charge in [0, 0.05) is 0 Å². The van der Waals surface area contributed by atoms with Crippen LogP contribution in [0.4, 0.5) is 0 Å². The summed E-state index contributed by atoms with van der Waals surface area (Å²) >= 11 is 0. The summed E-state index contributed by atoms with van der Waals surface area (Å²) in [4.78, 5) is 33.2. The minimum atomic E-state index is -1.51. The zero-order valence-corrected chi connectivity index (χ0v) is 9.66. The first-order valence-corrected chi connectivity index (χ1v) is 5.15. The number of carboxylic acids is 1. The van der Waals surface area contributed by atoms with E-state index in [-0.39, 0.29) is 11.3 Å². The van der Waals surface area contributed by atoms with Gasteiger partial charge in [0.2, 0.25) is 5.91 Å². The zero-order chi connectivity index (χ0) is 14.6. The molecule has 0 spiro atoms. The van der Waals surface area contributed by atoms with Crippen molar-refractivity contribution in [1.29, 1.82) is 0 Å². The molecule has 0 radical (unpaired) electrons. The van der Waals surface area contributed by atoms with Gasteiger partial charge < -0.3 is 26.4 Å². The summed E-state index contributed by atoms with van der Waals surface area (Å²) < 4.78 is 0. The number of carbonyl (C=O) groups is 3. The number of nitrogens with two attached hydrogens (primary N) is 1. The molecule has 1 aromatic rings. The Bertz CT molecular complexity index is 528. The maximum Gasteiger partial charge on any atom is 0.326 e. The molecule has 8 heteroatoms. The number of nitrogens with one attached hydrogen (secondary N) is 1. The van der Waals surface area contributed by atoms with Gasteiger partial charge in [0.1, 0.15) is 17.5 Å². The Kier molecular flexibility index (Phi) is 4.30. The fourth-order valence-electron chi connectivity index (χ4n) is 1.34. The van der Waals surface area contributed by atoms with Crippen LogP contribution in [-0.4, -0.2) is 39.1 Å². The lowest BCUT2D eigenvalue weighted by Gasteiger charge is -2.13. The monoisotopic (exact) mass is 268 g/mol. The highest BCUT2D eigenvalue weighted by Gasteiger charge is 2.24. The molecule has 1 atom stereocenters. The number of benzene rings is 1. The number of carbonyl (C=O) groups excluding carboxylic acids is 2. The first-order valence-electron chi connectivity index (χ1n) is 5.15. The second-order valence-electron chi connectivity index (χ2n) is 3.74. The van der Waals surface area contributed by atoms with Crippen LogP contribution in [0.2, 0.25) is 0 Å². The van der Waals surface area contributed by atoms with Gasteiger partial charge >= 0.3 is 5.97 Å². The Morgan fingerprint density at radius 1 is 1.26 bits per heavy atom. The molecular weight excluding hydrogens is 256 g/mol. The van der Waals surface area contributed by atoms with Gasteiger partial charge in [0.05, 0.1) is 12.0 Å². The molecule has 1 aromatic carbocycles. The molecule has 0 aromatic heterocycles. The zero-order valence-electron chi connectivity index (χ0n) is 9.66. The van der Waals surface area contributed by atoms with Crippen LogP contribution in [0, 0.1) is 0 Å². The van der Waals surface area contributed by atoms with Crippen LogP contribution >= 0.6 is 0 Å². The molecule has 0 aliphatic rings. The maximum absolute atomic E-state index is 11.7. The fraction of sp³-hybridized carbons (Fsp3) is 0.182. The summed E-state index contributed by atoms with van der Waals surface area (Å²) in [6.45, 7) is 0. The summed E-state index contributed by atoms with van der Waals surface area (Å²) in [5.41, 5.74) is 4.55. The molecule has 102 valence electrons. The third-order valence-electron chi connectivity index (χ3n) is 2.23. The highest BCUT2D eigenvalue weighted by atomic mass is 16.4. The highest BCUT2D eigenvalue weighted by molar-refractivity contribution is 5.99. The van der Waals surface area contributed by atoms with Crippen molar-refractivity contribution in [2.24, 2.45) is 5.73 Å². The van der Waals surface area contributed by atoms with Gasteiger partial charge in [0.15, 0.2) is 0 Å². The number of phenols is 2. The van der Waals surface area contributed by atoms with Gasteiger partial charge in [-0.25, -0.2) is 4.79 Å². The smallest absolute Gasteiger partial charge is 0.326 e. The van der Waals surface area contributed by atoms with Gasteiger partial charge in [-0.05, 0) is 18.2 Å². The van der Waals surface area contributed by atoms with E-state index in [2.05, 4.69) is 0 Å². The molecule has 0 heterocycles. The number of hydrogen-bond acceptors (Lipinski definition) is 5. The molecular formula is C11H12N2O6. The summed E-state index contributed by atoms with van der Waals surface area (Å²) in [6, 6.07) is 1.69. The highest BCUT2D eigenvalue weighted by Crippen LogP contribution is 2.21. The molecule has 1 rings (SSSR count). The van der Waals surface area contributed by atoms with Crippen LogP contribution < -0.4 is 11.1 Å². The second kappa shape index (κ2) is 5.71. The molecule has 0 aliphatic carbocycles. The normalized spacial score (nSPS) is 11.6. The standard InChI is InChI=1S/C11H12N2O6/c12-9(16)4-7(11(18)19)13-10(17)6-3-5(14)1-2-8(6)15/h1-3,7,14-15H,4H2,(H2,12,16)(H,13,17)(H,18,19)/t7-/m0/s1. The minimum absolute atomic E-state index is 0.273. The Labute approximate surface area is 107 Å². The Hall–Kier alpha value is -2.77. The molecule has 19 heavy (non-hydrogen) atoms. The summed E-state index contributed by atoms with van der Waals surface area (Å²) in [7, 11) is 0. The minimum Gasteiger partial charge on any atom is -0.508 e. The van der Waals surface area contributed by atoms with E-state index in [0.717, 1.165) is 18.2 Å². The van der Waals surface area contributed by atoms with Crippen molar-refractivity contribution in [1.82, 2.24) is 5.32 Å². The topological polar surface area (TPSA) is 150 Å². The van der Waals surface area contributed by atoms with Gasteiger partial charge in [-0.3, -0.25) is 9.59 Å². The first kappa shape index (κ1) is 14.3. The lowest BCUT2D eigenvalue weighted by molar-refractivity contribution is -0.140. The molecule has 2 amide bonds.